The average Bonchev–Trinajstić information content (AvgIpc) is 2.03. The number of rotatable bonds is 0. The van der Waals surface area contributed by atoms with Gasteiger partial charge in [-0.1, -0.05) is 26.7 Å². The van der Waals surface area contributed by atoms with Crippen LogP contribution in [0.3, 0.4) is 0 Å². The molecule has 0 aliphatic heterocycles. The maximum Gasteiger partial charge on any atom is 0.113 e. The largest absolute Gasteiger partial charge is 0.248 e. The Bertz CT molecular complexity index is 313. The molecule has 12 heavy (non-hydrogen) atoms. The van der Waals surface area contributed by atoms with Crippen LogP contribution >= 0.6 is 0 Å². The van der Waals surface area contributed by atoms with Crippen LogP contribution in [0.4, 0.5) is 0 Å². The van der Waals surface area contributed by atoms with Crippen LogP contribution in [-0.4, -0.2) is 4.98 Å². The van der Waals surface area contributed by atoms with Gasteiger partial charge in [-0.25, -0.2) is 4.98 Å². The number of aromatic nitrogens is 1. The van der Waals surface area contributed by atoms with Crippen LogP contribution in [0.2, 0.25) is 0 Å². The normalized spacial score (nSPS) is 10.8. The van der Waals surface area contributed by atoms with Crippen LogP contribution in [0, 0.1) is 12.3 Å². The Kier molecular flexibility index (Phi) is 2.19. The molecular weight excluding hydrogens is 146 g/mol. The van der Waals surface area contributed by atoms with E-state index >= 15 is 0 Å². The molecule has 1 heterocycles. The second kappa shape index (κ2) is 2.98. The third kappa shape index (κ3) is 1.85. The minimum absolute atomic E-state index is 0.147. The Hall–Kier alpha value is -1.29. The standard InChI is InChI=1S/C11H13N/c1-5-10-8-9(6-7-12-10)11(2,3)4/h1,6-8H,2-4H3. The Morgan fingerprint density at radius 1 is 1.42 bits per heavy atom. The first-order valence-electron chi connectivity index (χ1n) is 3.97. The molecule has 0 saturated heterocycles. The first-order valence-corrected chi connectivity index (χ1v) is 3.97. The van der Waals surface area contributed by atoms with E-state index in [9.17, 15) is 0 Å². The highest BCUT2D eigenvalue weighted by atomic mass is 14.7. The topological polar surface area (TPSA) is 12.9 Å². The van der Waals surface area contributed by atoms with Crippen molar-refractivity contribution in [3.63, 3.8) is 0 Å². The van der Waals surface area contributed by atoms with Gasteiger partial charge in [0, 0.05) is 6.20 Å². The van der Waals surface area contributed by atoms with Crippen molar-refractivity contribution in [1.29, 1.82) is 0 Å². The molecule has 0 bridgehead atoms. The summed E-state index contributed by atoms with van der Waals surface area (Å²) < 4.78 is 0. The van der Waals surface area contributed by atoms with Crippen LogP contribution in [-0.2, 0) is 5.41 Å². The quantitative estimate of drug-likeness (QED) is 0.529. The number of hydrogen-bond acceptors (Lipinski definition) is 1. The summed E-state index contributed by atoms with van der Waals surface area (Å²) in [7, 11) is 0. The summed E-state index contributed by atoms with van der Waals surface area (Å²) >= 11 is 0. The molecule has 0 unspecified atom stereocenters. The van der Waals surface area contributed by atoms with Gasteiger partial charge in [0.2, 0.25) is 0 Å². The molecule has 0 aliphatic carbocycles. The predicted molar refractivity (Wildman–Crippen MR) is 50.9 cm³/mol. The molecule has 0 saturated carbocycles. The SMILES string of the molecule is C#Cc1cc(C(C)(C)C)ccn1. The van der Waals surface area contributed by atoms with E-state index in [1.807, 2.05) is 12.1 Å². The molecule has 0 atom stereocenters. The molecular formula is C11H13N. The molecule has 0 N–H and O–H groups in total. The van der Waals surface area contributed by atoms with Crippen molar-refractivity contribution >= 4 is 0 Å². The van der Waals surface area contributed by atoms with E-state index in [0.29, 0.717) is 5.69 Å². The Labute approximate surface area is 73.8 Å². The predicted octanol–water partition coefficient (Wildman–Crippen LogP) is 2.36. The van der Waals surface area contributed by atoms with Crippen molar-refractivity contribution in [1.82, 2.24) is 4.98 Å². The molecule has 1 nitrogen and oxygen atoms in total. The molecule has 0 fully saturated rings. The molecule has 0 aromatic carbocycles. The van der Waals surface area contributed by atoms with Crippen LogP contribution in [0.15, 0.2) is 18.3 Å². The minimum atomic E-state index is 0.147. The van der Waals surface area contributed by atoms with Gasteiger partial charge in [-0.05, 0) is 23.1 Å². The van der Waals surface area contributed by atoms with Gasteiger partial charge in [-0.3, -0.25) is 0 Å². The van der Waals surface area contributed by atoms with Gasteiger partial charge in [-0.15, -0.1) is 6.42 Å². The third-order valence-corrected chi connectivity index (χ3v) is 1.77. The lowest BCUT2D eigenvalue weighted by molar-refractivity contribution is 0.589. The van der Waals surface area contributed by atoms with Gasteiger partial charge in [0.05, 0.1) is 0 Å². The van der Waals surface area contributed by atoms with E-state index in [4.69, 9.17) is 6.42 Å². The van der Waals surface area contributed by atoms with E-state index in [1.54, 1.807) is 6.20 Å². The number of pyridine rings is 1. The third-order valence-electron chi connectivity index (χ3n) is 1.77. The molecule has 0 aliphatic rings. The highest BCUT2D eigenvalue weighted by Gasteiger charge is 2.13. The van der Waals surface area contributed by atoms with E-state index in [0.717, 1.165) is 0 Å². The van der Waals surface area contributed by atoms with Gasteiger partial charge in [0.1, 0.15) is 5.69 Å². The monoisotopic (exact) mass is 159 g/mol. The molecule has 0 amide bonds. The molecule has 62 valence electrons. The van der Waals surface area contributed by atoms with Crippen molar-refractivity contribution in [2.24, 2.45) is 0 Å². The highest BCUT2D eigenvalue weighted by Crippen LogP contribution is 2.21. The van der Waals surface area contributed by atoms with E-state index < -0.39 is 0 Å². The first-order chi connectivity index (χ1) is 5.54. The van der Waals surface area contributed by atoms with Gasteiger partial charge in [0.25, 0.3) is 0 Å². The molecule has 0 radical (unpaired) electrons. The summed E-state index contributed by atoms with van der Waals surface area (Å²) in [4.78, 5) is 4.04. The second-order valence-electron chi connectivity index (χ2n) is 3.82. The average molecular weight is 159 g/mol. The minimum Gasteiger partial charge on any atom is -0.248 e. The van der Waals surface area contributed by atoms with Crippen molar-refractivity contribution in [2.45, 2.75) is 26.2 Å². The molecule has 1 aromatic rings. The zero-order valence-corrected chi connectivity index (χ0v) is 7.76. The fraction of sp³-hybridized carbons (Fsp3) is 0.364. The molecule has 1 aromatic heterocycles. The lowest BCUT2D eigenvalue weighted by Crippen LogP contribution is -2.11. The summed E-state index contributed by atoms with van der Waals surface area (Å²) in [6.45, 7) is 6.47. The van der Waals surface area contributed by atoms with Crippen LogP contribution in [0.25, 0.3) is 0 Å². The van der Waals surface area contributed by atoms with E-state index in [2.05, 4.69) is 31.7 Å². The van der Waals surface area contributed by atoms with Crippen molar-refractivity contribution in [2.75, 3.05) is 0 Å². The maximum atomic E-state index is 5.25. The summed E-state index contributed by atoms with van der Waals surface area (Å²) in [5.74, 6) is 2.53. The molecule has 1 rings (SSSR count). The van der Waals surface area contributed by atoms with Gasteiger partial charge in [0.15, 0.2) is 0 Å². The smallest absolute Gasteiger partial charge is 0.113 e. The van der Waals surface area contributed by atoms with E-state index in [1.165, 1.54) is 5.56 Å². The highest BCUT2D eigenvalue weighted by molar-refractivity contribution is 5.31. The lowest BCUT2D eigenvalue weighted by atomic mass is 9.87. The summed E-state index contributed by atoms with van der Waals surface area (Å²) in [5.41, 5.74) is 2.09. The van der Waals surface area contributed by atoms with Crippen molar-refractivity contribution in [3.05, 3.63) is 29.6 Å². The number of nitrogens with zero attached hydrogens (tertiary/aromatic N) is 1. The van der Waals surface area contributed by atoms with E-state index in [-0.39, 0.29) is 5.41 Å². The number of terminal acetylenes is 1. The summed E-state index contributed by atoms with van der Waals surface area (Å²) in [6.07, 6.45) is 7.01. The summed E-state index contributed by atoms with van der Waals surface area (Å²) in [5, 5.41) is 0. The van der Waals surface area contributed by atoms with Crippen molar-refractivity contribution < 1.29 is 0 Å². The Balaban J connectivity index is 3.13. The van der Waals surface area contributed by atoms with Crippen molar-refractivity contribution in [3.8, 4) is 12.3 Å². The second-order valence-corrected chi connectivity index (χ2v) is 3.82. The zero-order valence-electron chi connectivity index (χ0n) is 7.76. The molecule has 0 spiro atoms. The molecule has 1 heteroatoms. The van der Waals surface area contributed by atoms with Crippen LogP contribution in [0.1, 0.15) is 32.0 Å². The Morgan fingerprint density at radius 2 is 2.08 bits per heavy atom. The fourth-order valence-corrected chi connectivity index (χ4v) is 0.976. The van der Waals surface area contributed by atoms with Gasteiger partial charge < -0.3 is 0 Å². The first kappa shape index (κ1) is 8.80. The lowest BCUT2D eigenvalue weighted by Gasteiger charge is -2.18. The maximum absolute atomic E-state index is 5.25. The van der Waals surface area contributed by atoms with Crippen LogP contribution in [0.5, 0.6) is 0 Å². The van der Waals surface area contributed by atoms with Gasteiger partial charge >= 0.3 is 0 Å². The zero-order chi connectivity index (χ0) is 9.19. The van der Waals surface area contributed by atoms with Crippen LogP contribution < -0.4 is 0 Å². The fourth-order valence-electron chi connectivity index (χ4n) is 0.976. The van der Waals surface area contributed by atoms with Gasteiger partial charge in [-0.2, -0.15) is 0 Å². The Morgan fingerprint density at radius 3 is 2.58 bits per heavy atom. The number of hydrogen-bond donors (Lipinski definition) is 0. The summed E-state index contributed by atoms with van der Waals surface area (Å²) in [6, 6.07) is 3.96.